The van der Waals surface area contributed by atoms with E-state index < -0.39 is 28.1 Å². The predicted molar refractivity (Wildman–Crippen MR) is 75.4 cm³/mol. The van der Waals surface area contributed by atoms with Crippen LogP contribution < -0.4 is 5.73 Å². The van der Waals surface area contributed by atoms with Crippen molar-refractivity contribution in [2.45, 2.75) is 36.9 Å². The van der Waals surface area contributed by atoms with E-state index >= 15 is 0 Å². The molecule has 0 bridgehead atoms. The maximum Gasteiger partial charge on any atom is 0.261 e. The number of pyridine rings is 1. The fourth-order valence-corrected chi connectivity index (χ4v) is 4.19. The molecule has 0 aliphatic carbocycles. The van der Waals surface area contributed by atoms with Gasteiger partial charge in [-0.1, -0.05) is 6.07 Å². The topological polar surface area (TPSA) is 114 Å². The second kappa shape index (κ2) is 6.08. The molecule has 3 N–H and O–H groups in total. The molecule has 0 spiro atoms. The third kappa shape index (κ3) is 3.07. The highest BCUT2D eigenvalue weighted by molar-refractivity contribution is 7.89. The van der Waals surface area contributed by atoms with E-state index in [0.717, 1.165) is 4.31 Å². The van der Waals surface area contributed by atoms with E-state index in [1.807, 2.05) is 0 Å². The second-order valence-corrected chi connectivity index (χ2v) is 6.76. The van der Waals surface area contributed by atoms with Crippen molar-refractivity contribution in [2.75, 3.05) is 6.54 Å². The van der Waals surface area contributed by atoms with Gasteiger partial charge in [-0.15, -0.1) is 0 Å². The first kappa shape index (κ1) is 15.9. The molecule has 1 amide bonds. The first-order valence-corrected chi connectivity index (χ1v) is 8.04. The zero-order valence-corrected chi connectivity index (χ0v) is 12.5. The summed E-state index contributed by atoms with van der Waals surface area (Å²) in [5.41, 5.74) is 5.76. The molecule has 2 atom stereocenters. The number of rotatable bonds is 3. The van der Waals surface area contributed by atoms with Crippen molar-refractivity contribution >= 4 is 15.9 Å². The first-order chi connectivity index (χ1) is 9.85. The van der Waals surface area contributed by atoms with Crippen LogP contribution in [-0.4, -0.2) is 47.4 Å². The lowest BCUT2D eigenvalue weighted by Crippen LogP contribution is -2.53. The van der Waals surface area contributed by atoms with Crippen LogP contribution in [0.3, 0.4) is 0 Å². The van der Waals surface area contributed by atoms with Crippen molar-refractivity contribution in [3.63, 3.8) is 0 Å². The minimum absolute atomic E-state index is 0.111. The lowest BCUT2D eigenvalue weighted by Gasteiger charge is -2.29. The Morgan fingerprint density at radius 3 is 2.86 bits per heavy atom. The number of primary amides is 1. The number of sulfonamides is 1. The van der Waals surface area contributed by atoms with Crippen LogP contribution >= 0.6 is 0 Å². The number of carbonyl (C=O) groups is 1. The van der Waals surface area contributed by atoms with E-state index in [9.17, 15) is 18.3 Å². The molecule has 2 rings (SSSR count). The van der Waals surface area contributed by atoms with Gasteiger partial charge in [0.25, 0.3) is 10.0 Å². The molecule has 1 aromatic rings. The Kier molecular flexibility index (Phi) is 4.60. The Labute approximate surface area is 123 Å². The van der Waals surface area contributed by atoms with E-state index in [1.165, 1.54) is 12.6 Å². The van der Waals surface area contributed by atoms with Gasteiger partial charge in [-0.25, -0.2) is 13.4 Å². The molecule has 21 heavy (non-hydrogen) atoms. The molecule has 1 aliphatic rings. The highest BCUT2D eigenvalue weighted by Gasteiger charge is 2.41. The van der Waals surface area contributed by atoms with Crippen molar-refractivity contribution in [2.24, 2.45) is 5.73 Å². The van der Waals surface area contributed by atoms with Gasteiger partial charge in [0.15, 0.2) is 5.03 Å². The number of aliphatic hydroxyl groups excluding tert-OH is 1. The summed E-state index contributed by atoms with van der Waals surface area (Å²) in [5.74, 6) is -0.877. The molecular weight excluding hydrogens is 294 g/mol. The number of hydrogen-bond acceptors (Lipinski definition) is 5. The molecule has 0 aromatic carbocycles. The van der Waals surface area contributed by atoms with Crippen molar-refractivity contribution in [3.8, 4) is 0 Å². The summed E-state index contributed by atoms with van der Waals surface area (Å²) >= 11 is 0. The summed E-state index contributed by atoms with van der Waals surface area (Å²) in [6.07, 6.45) is 2.68. The van der Waals surface area contributed by atoms with Gasteiger partial charge >= 0.3 is 0 Å². The lowest BCUT2D eigenvalue weighted by atomic mass is 10.1. The summed E-state index contributed by atoms with van der Waals surface area (Å²) in [6, 6.07) is 1.95. The average molecular weight is 312 g/mol. The number of aromatic nitrogens is 1. The quantitative estimate of drug-likeness (QED) is 0.788. The fourth-order valence-electron chi connectivity index (χ4n) is 2.41. The molecule has 0 saturated carbocycles. The molecule has 7 nitrogen and oxygen atoms in total. The lowest BCUT2D eigenvalue weighted by molar-refractivity contribution is -0.124. The van der Waals surface area contributed by atoms with Crippen LogP contribution in [0.15, 0.2) is 23.4 Å². The summed E-state index contributed by atoms with van der Waals surface area (Å²) in [7, 11) is -4.00. The van der Waals surface area contributed by atoms with Gasteiger partial charge in [0.05, 0.1) is 6.10 Å². The van der Waals surface area contributed by atoms with Gasteiger partial charge in [0, 0.05) is 12.7 Å². The molecule has 1 aliphatic heterocycles. The van der Waals surface area contributed by atoms with Crippen LogP contribution in [0.2, 0.25) is 0 Å². The standard InChI is InChI=1S/C13H18N3O4S/c1-9-5-4-7-15-13(9)21(19,20)16-8-3-2-6-10(17)11(16)12(14)18/h4-7,10-11,17H,2-3,8H2,1H3,(H2,14,18). The number of hydrogen-bond donors (Lipinski definition) is 2. The Hall–Kier alpha value is -1.51. The van der Waals surface area contributed by atoms with Crippen LogP contribution in [0, 0.1) is 13.3 Å². The van der Waals surface area contributed by atoms with Crippen LogP contribution in [0.5, 0.6) is 0 Å². The highest BCUT2D eigenvalue weighted by atomic mass is 32.2. The average Bonchev–Trinajstić information content (AvgIpc) is 2.61. The number of amides is 1. The SMILES string of the molecule is Cc1cccnc1S(=O)(=O)N1CCC[CH]C(O)C1C(N)=O. The molecule has 2 unspecified atom stereocenters. The van der Waals surface area contributed by atoms with Gasteiger partial charge < -0.3 is 10.8 Å². The minimum Gasteiger partial charge on any atom is -0.391 e. The number of aliphatic hydroxyl groups is 1. The Balaban J connectivity index is 2.50. The highest BCUT2D eigenvalue weighted by Crippen LogP contribution is 2.25. The van der Waals surface area contributed by atoms with Crippen LogP contribution in [0.1, 0.15) is 18.4 Å². The van der Waals surface area contributed by atoms with Gasteiger partial charge in [0.1, 0.15) is 6.04 Å². The Morgan fingerprint density at radius 1 is 1.52 bits per heavy atom. The molecule has 1 saturated heterocycles. The number of nitrogens with two attached hydrogens (primary N) is 1. The maximum absolute atomic E-state index is 12.8. The normalized spacial score (nSPS) is 24.5. The summed E-state index contributed by atoms with van der Waals surface area (Å²) < 4.78 is 26.5. The minimum atomic E-state index is -4.00. The van der Waals surface area contributed by atoms with E-state index in [-0.39, 0.29) is 11.6 Å². The molecule has 1 aromatic heterocycles. The third-order valence-electron chi connectivity index (χ3n) is 3.43. The van der Waals surface area contributed by atoms with Gasteiger partial charge in [0.2, 0.25) is 5.91 Å². The zero-order valence-electron chi connectivity index (χ0n) is 11.6. The van der Waals surface area contributed by atoms with E-state index in [2.05, 4.69) is 4.98 Å². The number of nitrogens with zero attached hydrogens (tertiary/aromatic N) is 2. The Morgan fingerprint density at radius 2 is 2.24 bits per heavy atom. The zero-order chi connectivity index (χ0) is 15.6. The first-order valence-electron chi connectivity index (χ1n) is 6.60. The van der Waals surface area contributed by atoms with E-state index in [4.69, 9.17) is 5.73 Å². The van der Waals surface area contributed by atoms with Crippen molar-refractivity contribution in [3.05, 3.63) is 30.3 Å². The molecule has 115 valence electrons. The van der Waals surface area contributed by atoms with Gasteiger partial charge in [-0.2, -0.15) is 4.31 Å². The molecule has 1 fully saturated rings. The fraction of sp³-hybridized carbons (Fsp3) is 0.462. The second-order valence-electron chi connectivity index (χ2n) is 4.96. The van der Waals surface area contributed by atoms with Gasteiger partial charge in [-0.05, 0) is 37.8 Å². The van der Waals surface area contributed by atoms with Crippen molar-refractivity contribution in [1.82, 2.24) is 9.29 Å². The van der Waals surface area contributed by atoms with E-state index in [1.54, 1.807) is 19.1 Å². The van der Waals surface area contributed by atoms with E-state index in [0.29, 0.717) is 18.4 Å². The van der Waals surface area contributed by atoms with Crippen molar-refractivity contribution < 1.29 is 18.3 Å². The summed E-state index contributed by atoms with van der Waals surface area (Å²) in [4.78, 5) is 15.5. The van der Waals surface area contributed by atoms with Crippen LogP contribution in [0.25, 0.3) is 0 Å². The molecular formula is C13H18N3O4S. The number of carbonyl (C=O) groups excluding carboxylic acids is 1. The largest absolute Gasteiger partial charge is 0.391 e. The summed E-state index contributed by atoms with van der Waals surface area (Å²) in [5, 5.41) is 9.87. The third-order valence-corrected chi connectivity index (χ3v) is 5.37. The van der Waals surface area contributed by atoms with Crippen LogP contribution in [-0.2, 0) is 14.8 Å². The maximum atomic E-state index is 12.8. The number of aryl methyl sites for hydroxylation is 1. The van der Waals surface area contributed by atoms with Crippen molar-refractivity contribution in [1.29, 1.82) is 0 Å². The molecule has 1 radical (unpaired) electrons. The Bertz CT molecular complexity index is 632. The molecule has 2 heterocycles. The van der Waals surface area contributed by atoms with Gasteiger partial charge in [-0.3, -0.25) is 4.79 Å². The summed E-state index contributed by atoms with van der Waals surface area (Å²) in [6.45, 7) is 1.74. The monoisotopic (exact) mass is 312 g/mol. The predicted octanol–water partition coefficient (Wildman–Crippen LogP) is -0.406. The smallest absolute Gasteiger partial charge is 0.261 e. The molecule has 8 heteroatoms. The van der Waals surface area contributed by atoms with Crippen LogP contribution in [0.4, 0.5) is 0 Å².